The van der Waals surface area contributed by atoms with Crippen molar-refractivity contribution in [3.8, 4) is 5.75 Å². The quantitative estimate of drug-likeness (QED) is 0.259. The van der Waals surface area contributed by atoms with E-state index in [-0.39, 0.29) is 41.0 Å². The first-order chi connectivity index (χ1) is 12.9. The number of phenols is 1. The van der Waals surface area contributed by atoms with Crippen LogP contribution in [0.1, 0.15) is 12.0 Å². The molecule has 6 rings (SSSR count). The number of halogens is 1. The van der Waals surface area contributed by atoms with Crippen LogP contribution in [0.25, 0.3) is 0 Å². The largest absolute Gasteiger partial charge is 0.502 e. The van der Waals surface area contributed by atoms with Crippen molar-refractivity contribution < 1.29 is 19.6 Å². The first kappa shape index (κ1) is 16.6. The fraction of sp³-hybridized carbons (Fsp3) is 0.389. The van der Waals surface area contributed by atoms with E-state index in [4.69, 9.17) is 0 Å². The molecule has 5 aliphatic rings. The van der Waals surface area contributed by atoms with Gasteiger partial charge in [0.05, 0.1) is 23.0 Å². The molecule has 2 bridgehead atoms. The summed E-state index contributed by atoms with van der Waals surface area (Å²) in [5.41, 5.74) is -0.434. The van der Waals surface area contributed by atoms with Gasteiger partial charge in [-0.15, -0.1) is 0 Å². The maximum absolute atomic E-state index is 12.8. The van der Waals surface area contributed by atoms with Gasteiger partial charge in [-0.3, -0.25) is 19.7 Å². The monoisotopic (exact) mass is 431 g/mol. The molecule has 138 valence electrons. The van der Waals surface area contributed by atoms with Gasteiger partial charge >= 0.3 is 5.69 Å². The third-order valence-electron chi connectivity index (χ3n) is 6.23. The number of hydrogen-bond acceptors (Lipinski definition) is 6. The summed E-state index contributed by atoms with van der Waals surface area (Å²) in [4.78, 5) is 36.0. The van der Waals surface area contributed by atoms with Gasteiger partial charge in [0, 0.05) is 16.1 Å². The summed E-state index contributed by atoms with van der Waals surface area (Å²) in [6.45, 7) is 0. The van der Waals surface area contributed by atoms with Gasteiger partial charge in [-0.1, -0.05) is 28.1 Å². The van der Waals surface area contributed by atoms with E-state index >= 15 is 0 Å². The normalized spacial score (nSPS) is 35.7. The number of imide groups is 1. The Hall–Kier alpha value is -2.55. The van der Waals surface area contributed by atoms with Crippen LogP contribution in [0.4, 0.5) is 5.69 Å². The molecule has 2 saturated carbocycles. The van der Waals surface area contributed by atoms with Crippen LogP contribution in [0, 0.1) is 45.6 Å². The molecule has 2 amide bonds. The van der Waals surface area contributed by atoms with E-state index in [0.717, 1.165) is 17.6 Å². The highest BCUT2D eigenvalue weighted by Crippen LogP contribution is 2.65. The Labute approximate surface area is 161 Å². The lowest BCUT2D eigenvalue weighted by Crippen LogP contribution is -2.40. The standard InChI is InChI=1S/C18H14BrN3O5/c19-8-3-7(16(23)13(4-8)22(26)27)6-20-21-17(24)14-9-1-2-10(12-5-11(9)12)15(14)18(21)25/h1-4,6,9-12,14-15,23H,5H2/t9-,10-,11-,12-,14+,15+/m0/s1. The van der Waals surface area contributed by atoms with Gasteiger partial charge in [0.25, 0.3) is 11.8 Å². The summed E-state index contributed by atoms with van der Waals surface area (Å²) in [5.74, 6) is -0.740. The van der Waals surface area contributed by atoms with Crippen molar-refractivity contribution >= 4 is 39.6 Å². The van der Waals surface area contributed by atoms with Crippen LogP contribution in [0.15, 0.2) is 33.9 Å². The molecule has 9 heteroatoms. The minimum absolute atomic E-state index is 0.0514. The fourth-order valence-electron chi connectivity index (χ4n) is 5.02. The predicted octanol–water partition coefficient (Wildman–Crippen LogP) is 2.45. The van der Waals surface area contributed by atoms with Gasteiger partial charge in [-0.05, 0) is 36.2 Å². The molecule has 0 unspecified atom stereocenters. The minimum atomic E-state index is -0.714. The van der Waals surface area contributed by atoms with Crippen LogP contribution < -0.4 is 0 Å². The van der Waals surface area contributed by atoms with Crippen LogP contribution >= 0.6 is 15.9 Å². The Morgan fingerprint density at radius 3 is 2.33 bits per heavy atom. The van der Waals surface area contributed by atoms with Crippen molar-refractivity contribution in [2.75, 3.05) is 0 Å². The summed E-state index contributed by atoms with van der Waals surface area (Å²) < 4.78 is 0.378. The van der Waals surface area contributed by atoms with Gasteiger partial charge in [0.2, 0.25) is 5.75 Å². The molecular formula is C18H14BrN3O5. The summed E-state index contributed by atoms with van der Waals surface area (Å²) in [7, 11) is 0. The molecule has 8 nitrogen and oxygen atoms in total. The lowest BCUT2D eigenvalue weighted by molar-refractivity contribution is -0.385. The molecular weight excluding hydrogens is 418 g/mol. The summed E-state index contributed by atoms with van der Waals surface area (Å²) in [6.07, 6.45) is 6.34. The molecule has 1 heterocycles. The Morgan fingerprint density at radius 1 is 1.19 bits per heavy atom. The molecule has 4 aliphatic carbocycles. The fourth-order valence-corrected chi connectivity index (χ4v) is 5.48. The Bertz CT molecular complexity index is 938. The minimum Gasteiger partial charge on any atom is -0.502 e. The molecule has 1 aliphatic heterocycles. The Balaban J connectivity index is 1.47. The molecule has 1 saturated heterocycles. The van der Waals surface area contributed by atoms with Crippen LogP contribution in [-0.2, 0) is 9.59 Å². The van der Waals surface area contributed by atoms with Crippen molar-refractivity contribution in [3.05, 3.63) is 44.4 Å². The molecule has 6 atom stereocenters. The SMILES string of the molecule is O=C1[C@@H]2[C@H]3C=C[C@@H]([C@@H]4C[C@@H]34)[C@H]2C(=O)N1N=Cc1cc(Br)cc([N+](=O)[O-])c1O. The molecule has 1 aromatic rings. The molecule has 1 aromatic carbocycles. The third kappa shape index (κ3) is 2.24. The van der Waals surface area contributed by atoms with Gasteiger partial charge < -0.3 is 5.11 Å². The van der Waals surface area contributed by atoms with E-state index in [1.165, 1.54) is 12.1 Å². The van der Waals surface area contributed by atoms with E-state index in [1.807, 2.05) is 0 Å². The molecule has 0 spiro atoms. The number of rotatable bonds is 3. The summed E-state index contributed by atoms with van der Waals surface area (Å²) in [5, 5.41) is 26.0. The lowest BCUT2D eigenvalue weighted by Gasteiger charge is -2.37. The second-order valence-electron chi connectivity index (χ2n) is 7.51. The zero-order chi connectivity index (χ0) is 19.0. The topological polar surface area (TPSA) is 113 Å². The third-order valence-corrected chi connectivity index (χ3v) is 6.69. The first-order valence-corrected chi connectivity index (χ1v) is 9.45. The average Bonchev–Trinajstić information content (AvgIpc) is 3.41. The number of carbonyl (C=O) groups is 2. The van der Waals surface area contributed by atoms with Gasteiger partial charge in [-0.2, -0.15) is 10.1 Å². The maximum Gasteiger partial charge on any atom is 0.312 e. The van der Waals surface area contributed by atoms with Crippen molar-refractivity contribution in [1.82, 2.24) is 5.01 Å². The number of benzene rings is 1. The smallest absolute Gasteiger partial charge is 0.312 e. The average molecular weight is 432 g/mol. The van der Waals surface area contributed by atoms with Crippen LogP contribution in [0.5, 0.6) is 5.75 Å². The van der Waals surface area contributed by atoms with E-state index < -0.39 is 16.4 Å². The number of allylic oxidation sites excluding steroid dienone is 2. The van der Waals surface area contributed by atoms with Gasteiger partial charge in [0.15, 0.2) is 0 Å². The number of phenolic OH excluding ortho intramolecular Hbond substituents is 1. The van der Waals surface area contributed by atoms with Crippen LogP contribution in [0.3, 0.4) is 0 Å². The number of amides is 2. The number of nitrogens with zero attached hydrogens (tertiary/aromatic N) is 3. The van der Waals surface area contributed by atoms with Crippen molar-refractivity contribution in [2.45, 2.75) is 6.42 Å². The second kappa shape index (κ2) is 5.48. The van der Waals surface area contributed by atoms with Crippen LogP contribution in [0.2, 0.25) is 0 Å². The van der Waals surface area contributed by atoms with Crippen molar-refractivity contribution in [1.29, 1.82) is 0 Å². The summed E-state index contributed by atoms with van der Waals surface area (Å²) >= 11 is 3.14. The highest BCUT2D eigenvalue weighted by atomic mass is 79.9. The Kier molecular flexibility index (Phi) is 3.37. The number of carbonyl (C=O) groups excluding carboxylic acids is 2. The van der Waals surface area contributed by atoms with E-state index in [9.17, 15) is 24.8 Å². The highest BCUT2D eigenvalue weighted by Gasteiger charge is 2.67. The number of hydrazone groups is 1. The number of hydrogen-bond donors (Lipinski definition) is 1. The van der Waals surface area contributed by atoms with E-state index in [1.54, 1.807) is 0 Å². The van der Waals surface area contributed by atoms with E-state index in [0.29, 0.717) is 16.3 Å². The Morgan fingerprint density at radius 2 is 1.78 bits per heavy atom. The van der Waals surface area contributed by atoms with Gasteiger partial charge in [0.1, 0.15) is 0 Å². The molecule has 1 N–H and O–H groups in total. The number of aromatic hydroxyl groups is 1. The summed E-state index contributed by atoms with van der Waals surface area (Å²) in [6, 6.07) is 2.60. The zero-order valence-electron chi connectivity index (χ0n) is 13.9. The van der Waals surface area contributed by atoms with E-state index in [2.05, 4.69) is 33.2 Å². The molecule has 27 heavy (non-hydrogen) atoms. The first-order valence-electron chi connectivity index (χ1n) is 8.65. The lowest BCUT2D eigenvalue weighted by atomic mass is 9.63. The molecule has 0 aromatic heterocycles. The zero-order valence-corrected chi connectivity index (χ0v) is 15.4. The number of nitro benzene ring substituents is 1. The van der Waals surface area contributed by atoms with Crippen molar-refractivity contribution in [2.24, 2.45) is 40.6 Å². The molecule has 3 fully saturated rings. The number of nitro groups is 1. The maximum atomic E-state index is 12.8. The van der Waals surface area contributed by atoms with Gasteiger partial charge in [-0.25, -0.2) is 0 Å². The van der Waals surface area contributed by atoms with Crippen LogP contribution in [-0.4, -0.2) is 33.1 Å². The predicted molar refractivity (Wildman–Crippen MR) is 96.6 cm³/mol. The van der Waals surface area contributed by atoms with Crippen molar-refractivity contribution in [3.63, 3.8) is 0 Å². The molecule has 0 radical (unpaired) electrons. The second-order valence-corrected chi connectivity index (χ2v) is 8.42. The highest BCUT2D eigenvalue weighted by molar-refractivity contribution is 9.10.